The molecule has 0 saturated heterocycles. The van der Waals surface area contributed by atoms with Crippen molar-refractivity contribution >= 4 is 11.3 Å². The molecule has 0 bridgehead atoms. The Morgan fingerprint density at radius 2 is 1.83 bits per heavy atom. The maximum absolute atomic E-state index is 4.79. The summed E-state index contributed by atoms with van der Waals surface area (Å²) in [7, 11) is 0. The highest BCUT2D eigenvalue weighted by Crippen LogP contribution is 2.30. The van der Waals surface area contributed by atoms with E-state index in [0.29, 0.717) is 5.82 Å². The first-order valence-electron chi connectivity index (χ1n) is 9.60. The average molecular weight is 401 g/mol. The molecule has 1 aromatic carbocycles. The van der Waals surface area contributed by atoms with E-state index in [0.717, 1.165) is 48.0 Å². The molecule has 0 fully saturated rings. The Morgan fingerprint density at radius 3 is 2.66 bits per heavy atom. The van der Waals surface area contributed by atoms with E-state index in [1.165, 1.54) is 22.3 Å². The van der Waals surface area contributed by atoms with Gasteiger partial charge in [-0.1, -0.05) is 30.3 Å². The van der Waals surface area contributed by atoms with E-state index in [9.17, 15) is 0 Å². The average Bonchev–Trinajstić information content (AvgIpc) is 3.14. The monoisotopic (exact) mass is 400 g/mol. The summed E-state index contributed by atoms with van der Waals surface area (Å²) in [6.07, 6.45) is 7.89. The largest absolute Gasteiger partial charge is 0.293 e. The normalized spacial score (nSPS) is 14.0. The lowest BCUT2D eigenvalue weighted by Gasteiger charge is -2.27. The molecule has 0 spiro atoms. The van der Waals surface area contributed by atoms with Crippen LogP contribution in [0.1, 0.15) is 21.1 Å². The van der Waals surface area contributed by atoms with E-state index in [4.69, 9.17) is 9.97 Å². The SMILES string of the molecule is Cc1nc(-c2ccccc2)c(CN2CCc3nc(-c4cncnc4)ncc3C2)s1. The molecule has 29 heavy (non-hydrogen) atoms. The number of hydrogen-bond donors (Lipinski definition) is 0. The predicted molar refractivity (Wildman–Crippen MR) is 113 cm³/mol. The fraction of sp³-hybridized carbons (Fsp3) is 0.227. The number of fused-ring (bicyclic) bond motifs is 1. The molecule has 3 aromatic heterocycles. The van der Waals surface area contributed by atoms with Crippen molar-refractivity contribution in [2.75, 3.05) is 6.54 Å². The Hall–Kier alpha value is -3.03. The maximum Gasteiger partial charge on any atom is 0.162 e. The van der Waals surface area contributed by atoms with Crippen molar-refractivity contribution in [2.24, 2.45) is 0 Å². The van der Waals surface area contributed by atoms with Gasteiger partial charge >= 0.3 is 0 Å². The molecule has 4 heterocycles. The summed E-state index contributed by atoms with van der Waals surface area (Å²) in [6, 6.07) is 10.4. The van der Waals surface area contributed by atoms with Crippen molar-refractivity contribution in [3.8, 4) is 22.6 Å². The van der Waals surface area contributed by atoms with Gasteiger partial charge in [0.1, 0.15) is 6.33 Å². The van der Waals surface area contributed by atoms with Gasteiger partial charge in [0.15, 0.2) is 5.82 Å². The quantitative estimate of drug-likeness (QED) is 0.517. The second-order valence-electron chi connectivity index (χ2n) is 7.12. The van der Waals surface area contributed by atoms with E-state index in [2.05, 4.69) is 51.0 Å². The summed E-state index contributed by atoms with van der Waals surface area (Å²) < 4.78 is 0. The molecule has 0 atom stereocenters. The summed E-state index contributed by atoms with van der Waals surface area (Å²) in [5.74, 6) is 0.697. The first kappa shape index (κ1) is 18.0. The van der Waals surface area contributed by atoms with Crippen molar-refractivity contribution in [1.29, 1.82) is 0 Å². The van der Waals surface area contributed by atoms with E-state index in [1.807, 2.05) is 12.3 Å². The molecular formula is C22H20N6S. The molecule has 0 N–H and O–H groups in total. The number of aryl methyl sites for hydroxylation is 1. The van der Waals surface area contributed by atoms with E-state index < -0.39 is 0 Å². The van der Waals surface area contributed by atoms with Crippen LogP contribution in [0.3, 0.4) is 0 Å². The highest BCUT2D eigenvalue weighted by molar-refractivity contribution is 7.12. The van der Waals surface area contributed by atoms with Crippen LogP contribution in [0.5, 0.6) is 0 Å². The van der Waals surface area contributed by atoms with Crippen LogP contribution in [0.2, 0.25) is 0 Å². The van der Waals surface area contributed by atoms with Crippen LogP contribution < -0.4 is 0 Å². The molecule has 4 aromatic rings. The zero-order valence-corrected chi connectivity index (χ0v) is 16.9. The van der Waals surface area contributed by atoms with Gasteiger partial charge in [0.05, 0.1) is 22.0 Å². The number of hydrogen-bond acceptors (Lipinski definition) is 7. The van der Waals surface area contributed by atoms with Gasteiger partial charge in [-0.15, -0.1) is 11.3 Å². The molecule has 1 aliphatic heterocycles. The summed E-state index contributed by atoms with van der Waals surface area (Å²) in [6.45, 7) is 4.80. The van der Waals surface area contributed by atoms with Crippen molar-refractivity contribution in [1.82, 2.24) is 29.8 Å². The lowest BCUT2D eigenvalue weighted by Crippen LogP contribution is -2.30. The standard InChI is InChI=1S/C22H20N6S/c1-15-26-21(16-5-3-2-4-6-16)20(29-15)13-28-8-7-19-18(12-28)11-25-22(27-19)17-9-23-14-24-10-17/h2-6,9-11,14H,7-8,12-13H2,1H3. The molecule has 5 rings (SSSR count). The van der Waals surface area contributed by atoms with E-state index in [-0.39, 0.29) is 0 Å². The first-order chi connectivity index (χ1) is 14.3. The highest BCUT2D eigenvalue weighted by atomic mass is 32.1. The molecule has 144 valence electrons. The minimum absolute atomic E-state index is 0.697. The third kappa shape index (κ3) is 3.79. The maximum atomic E-state index is 4.79. The second kappa shape index (κ2) is 7.77. The molecule has 0 saturated carbocycles. The third-order valence-electron chi connectivity index (χ3n) is 5.05. The molecule has 0 amide bonds. The smallest absolute Gasteiger partial charge is 0.162 e. The number of benzene rings is 1. The molecular weight excluding hydrogens is 380 g/mol. The first-order valence-corrected chi connectivity index (χ1v) is 10.4. The van der Waals surface area contributed by atoms with Gasteiger partial charge in [-0.05, 0) is 6.92 Å². The lowest BCUT2D eigenvalue weighted by molar-refractivity contribution is 0.245. The van der Waals surface area contributed by atoms with Crippen LogP contribution in [0, 0.1) is 6.92 Å². The molecule has 1 aliphatic rings. The van der Waals surface area contributed by atoms with Gasteiger partial charge in [-0.3, -0.25) is 4.90 Å². The second-order valence-corrected chi connectivity index (χ2v) is 8.41. The van der Waals surface area contributed by atoms with Crippen molar-refractivity contribution < 1.29 is 0 Å². The Kier molecular flexibility index (Phi) is 4.83. The van der Waals surface area contributed by atoms with Crippen molar-refractivity contribution in [2.45, 2.75) is 26.4 Å². The minimum atomic E-state index is 0.697. The van der Waals surface area contributed by atoms with Crippen LogP contribution in [-0.2, 0) is 19.5 Å². The number of aromatic nitrogens is 5. The molecule has 0 unspecified atom stereocenters. The molecule has 0 aliphatic carbocycles. The zero-order valence-electron chi connectivity index (χ0n) is 16.1. The molecule has 0 radical (unpaired) electrons. The van der Waals surface area contributed by atoms with Crippen molar-refractivity contribution in [3.05, 3.63) is 76.4 Å². The number of thiazole rings is 1. The minimum Gasteiger partial charge on any atom is -0.293 e. The van der Waals surface area contributed by atoms with E-state index >= 15 is 0 Å². The molecule has 6 nitrogen and oxygen atoms in total. The van der Waals surface area contributed by atoms with E-state index in [1.54, 1.807) is 23.7 Å². The summed E-state index contributed by atoms with van der Waals surface area (Å²) in [4.78, 5) is 26.0. The summed E-state index contributed by atoms with van der Waals surface area (Å²) in [5.41, 5.74) is 5.46. The number of nitrogens with zero attached hydrogens (tertiary/aromatic N) is 6. The van der Waals surface area contributed by atoms with Gasteiger partial charge < -0.3 is 0 Å². The lowest BCUT2D eigenvalue weighted by atomic mass is 10.1. The Labute approximate surface area is 173 Å². The van der Waals surface area contributed by atoms with Gasteiger partial charge in [0.25, 0.3) is 0 Å². The van der Waals surface area contributed by atoms with Gasteiger partial charge in [-0.2, -0.15) is 0 Å². The predicted octanol–water partition coefficient (Wildman–Crippen LogP) is 3.92. The van der Waals surface area contributed by atoms with Crippen LogP contribution >= 0.6 is 11.3 Å². The Morgan fingerprint density at radius 1 is 1.00 bits per heavy atom. The van der Waals surface area contributed by atoms with Gasteiger partial charge in [-0.25, -0.2) is 24.9 Å². The fourth-order valence-corrected chi connectivity index (χ4v) is 4.67. The molecule has 7 heteroatoms. The summed E-state index contributed by atoms with van der Waals surface area (Å²) in [5, 5.41) is 1.11. The van der Waals surface area contributed by atoms with Crippen LogP contribution in [-0.4, -0.2) is 36.4 Å². The summed E-state index contributed by atoms with van der Waals surface area (Å²) >= 11 is 1.79. The zero-order chi connectivity index (χ0) is 19.6. The van der Waals surface area contributed by atoms with Crippen LogP contribution in [0.4, 0.5) is 0 Å². The fourth-order valence-electron chi connectivity index (χ4n) is 3.66. The third-order valence-corrected chi connectivity index (χ3v) is 6.01. The van der Waals surface area contributed by atoms with Gasteiger partial charge in [0.2, 0.25) is 0 Å². The van der Waals surface area contributed by atoms with Crippen LogP contribution in [0.15, 0.2) is 55.2 Å². The van der Waals surface area contributed by atoms with Crippen molar-refractivity contribution in [3.63, 3.8) is 0 Å². The van der Waals surface area contributed by atoms with Gasteiger partial charge in [0, 0.05) is 60.6 Å². The highest BCUT2D eigenvalue weighted by Gasteiger charge is 2.21. The number of rotatable bonds is 4. The topological polar surface area (TPSA) is 67.7 Å². The Balaban J connectivity index is 1.36. The van der Waals surface area contributed by atoms with Crippen LogP contribution in [0.25, 0.3) is 22.6 Å². The Bertz CT molecular complexity index is 1130.